The minimum Gasteiger partial charge on any atom is -0.306 e. The van der Waals surface area contributed by atoms with Crippen LogP contribution >= 0.6 is 38.5 Å². The Morgan fingerprint density at radius 3 is 2.40 bits per heavy atom. The van der Waals surface area contributed by atoms with Gasteiger partial charge in [0.2, 0.25) is 0 Å². The zero-order valence-electron chi connectivity index (χ0n) is 11.2. The summed E-state index contributed by atoms with van der Waals surface area (Å²) in [6.07, 6.45) is 1.06. The molecule has 0 amide bonds. The van der Waals surface area contributed by atoms with Gasteiger partial charge >= 0.3 is 0 Å². The van der Waals surface area contributed by atoms with Crippen molar-refractivity contribution in [1.29, 1.82) is 0 Å². The van der Waals surface area contributed by atoms with Crippen molar-refractivity contribution < 1.29 is 4.39 Å². The summed E-state index contributed by atoms with van der Waals surface area (Å²) >= 11 is 5.56. The largest absolute Gasteiger partial charge is 0.306 e. The number of nitrogens with one attached hydrogen (secondary N) is 1. The fourth-order valence-electron chi connectivity index (χ4n) is 2.06. The first-order chi connectivity index (χ1) is 9.61. The molecule has 0 aliphatic heterocycles. The highest BCUT2D eigenvalue weighted by Crippen LogP contribution is 2.26. The normalized spacial score (nSPS) is 12.4. The summed E-state index contributed by atoms with van der Waals surface area (Å²) in [6.45, 7) is 3.06. The minimum atomic E-state index is -0.231. The van der Waals surface area contributed by atoms with E-state index < -0.39 is 0 Å². The molecule has 0 spiro atoms. The van der Waals surface area contributed by atoms with Gasteiger partial charge in [0.15, 0.2) is 0 Å². The van der Waals surface area contributed by atoms with Gasteiger partial charge in [-0.25, -0.2) is 4.39 Å². The molecule has 4 heteroatoms. The predicted molar refractivity (Wildman–Crippen MR) is 93.4 cm³/mol. The maximum atomic E-state index is 13.4. The minimum absolute atomic E-state index is 0.0869. The van der Waals surface area contributed by atoms with Crippen molar-refractivity contribution in [3.05, 3.63) is 67.5 Å². The molecule has 1 nitrogen and oxygen atoms in total. The lowest BCUT2D eigenvalue weighted by Crippen LogP contribution is -2.23. The summed E-state index contributed by atoms with van der Waals surface area (Å²) < 4.78 is 15.1. The summed E-state index contributed by atoms with van der Waals surface area (Å²) in [6, 6.07) is 13.7. The van der Waals surface area contributed by atoms with Gasteiger partial charge in [0.05, 0.1) is 10.5 Å². The Balaban J connectivity index is 2.35. The lowest BCUT2D eigenvalue weighted by Gasteiger charge is -2.20. The van der Waals surface area contributed by atoms with Crippen molar-refractivity contribution in [3.8, 4) is 0 Å². The SMILES string of the molecule is CCCNC(c1ccc(I)cc1)c1ccc(F)c(Br)c1. The summed E-state index contributed by atoms with van der Waals surface area (Å²) in [5.74, 6) is -0.231. The van der Waals surface area contributed by atoms with E-state index in [4.69, 9.17) is 0 Å². The lowest BCUT2D eigenvalue weighted by atomic mass is 9.98. The maximum Gasteiger partial charge on any atom is 0.137 e. The van der Waals surface area contributed by atoms with E-state index in [0.717, 1.165) is 18.5 Å². The molecule has 2 rings (SSSR count). The van der Waals surface area contributed by atoms with Crippen molar-refractivity contribution in [1.82, 2.24) is 5.32 Å². The first kappa shape index (κ1) is 15.9. The molecule has 0 aliphatic rings. The van der Waals surface area contributed by atoms with Crippen molar-refractivity contribution in [2.45, 2.75) is 19.4 Å². The highest BCUT2D eigenvalue weighted by Gasteiger charge is 2.14. The molecule has 0 aliphatic carbocycles. The fraction of sp³-hybridized carbons (Fsp3) is 0.250. The van der Waals surface area contributed by atoms with E-state index in [1.807, 2.05) is 12.1 Å². The number of rotatable bonds is 5. The summed E-state index contributed by atoms with van der Waals surface area (Å²) in [7, 11) is 0. The standard InChI is InChI=1S/C16H16BrFIN/c1-2-9-20-16(11-3-6-13(19)7-4-11)12-5-8-15(18)14(17)10-12/h3-8,10,16,20H,2,9H2,1H3. The van der Waals surface area contributed by atoms with Crippen LogP contribution in [0.3, 0.4) is 0 Å². The molecule has 0 saturated heterocycles. The second-order valence-electron chi connectivity index (χ2n) is 4.61. The molecule has 20 heavy (non-hydrogen) atoms. The Bertz CT molecular complexity index is 571. The van der Waals surface area contributed by atoms with Crippen molar-refractivity contribution in [3.63, 3.8) is 0 Å². The maximum absolute atomic E-state index is 13.4. The van der Waals surface area contributed by atoms with Gasteiger partial charge in [0, 0.05) is 3.57 Å². The van der Waals surface area contributed by atoms with E-state index in [1.165, 1.54) is 15.2 Å². The smallest absolute Gasteiger partial charge is 0.137 e. The molecule has 0 aromatic heterocycles. The van der Waals surface area contributed by atoms with E-state index in [-0.39, 0.29) is 11.9 Å². The topological polar surface area (TPSA) is 12.0 Å². The number of hydrogen-bond acceptors (Lipinski definition) is 1. The van der Waals surface area contributed by atoms with Gasteiger partial charge in [-0.3, -0.25) is 0 Å². The molecule has 0 bridgehead atoms. The molecule has 2 aromatic carbocycles. The molecule has 0 fully saturated rings. The highest BCUT2D eigenvalue weighted by atomic mass is 127. The van der Waals surface area contributed by atoms with Gasteiger partial charge < -0.3 is 5.32 Å². The third kappa shape index (κ3) is 4.02. The van der Waals surface area contributed by atoms with Crippen molar-refractivity contribution in [2.75, 3.05) is 6.54 Å². The van der Waals surface area contributed by atoms with E-state index >= 15 is 0 Å². The van der Waals surface area contributed by atoms with Crippen LogP contribution in [0, 0.1) is 9.39 Å². The molecule has 1 N–H and O–H groups in total. The van der Waals surface area contributed by atoms with E-state index in [9.17, 15) is 4.39 Å². The highest BCUT2D eigenvalue weighted by molar-refractivity contribution is 14.1. The van der Waals surface area contributed by atoms with Crippen LogP contribution in [0.5, 0.6) is 0 Å². The molecule has 1 atom stereocenters. The first-order valence-corrected chi connectivity index (χ1v) is 8.42. The van der Waals surface area contributed by atoms with Crippen LogP contribution in [-0.2, 0) is 0 Å². The molecule has 1 unspecified atom stereocenters. The van der Waals surface area contributed by atoms with Gasteiger partial charge in [0.1, 0.15) is 5.82 Å². The number of hydrogen-bond donors (Lipinski definition) is 1. The van der Waals surface area contributed by atoms with Crippen molar-refractivity contribution >= 4 is 38.5 Å². The van der Waals surface area contributed by atoms with Crippen LogP contribution in [0.2, 0.25) is 0 Å². The van der Waals surface area contributed by atoms with Crippen LogP contribution in [-0.4, -0.2) is 6.54 Å². The third-order valence-corrected chi connectivity index (χ3v) is 4.41. The van der Waals surface area contributed by atoms with Gasteiger partial charge in [-0.05, 0) is 86.9 Å². The first-order valence-electron chi connectivity index (χ1n) is 6.55. The summed E-state index contributed by atoms with van der Waals surface area (Å²) in [5, 5.41) is 3.52. The fourth-order valence-corrected chi connectivity index (χ4v) is 2.82. The van der Waals surface area contributed by atoms with Gasteiger partial charge in [-0.15, -0.1) is 0 Å². The number of benzene rings is 2. The molecule has 2 aromatic rings. The average molecular weight is 448 g/mol. The number of halogens is 3. The van der Waals surface area contributed by atoms with Crippen LogP contribution in [0.25, 0.3) is 0 Å². The summed E-state index contributed by atoms with van der Waals surface area (Å²) in [4.78, 5) is 0. The lowest BCUT2D eigenvalue weighted by molar-refractivity contribution is 0.591. The molecule has 0 radical (unpaired) electrons. The molecule has 0 saturated carbocycles. The Morgan fingerprint density at radius 2 is 1.80 bits per heavy atom. The monoisotopic (exact) mass is 447 g/mol. The average Bonchev–Trinajstić information content (AvgIpc) is 2.45. The Morgan fingerprint density at radius 1 is 1.15 bits per heavy atom. The van der Waals surface area contributed by atoms with E-state index in [2.05, 4.69) is 75.0 Å². The van der Waals surface area contributed by atoms with Gasteiger partial charge in [-0.2, -0.15) is 0 Å². The van der Waals surface area contributed by atoms with Crippen LogP contribution in [0.4, 0.5) is 4.39 Å². The van der Waals surface area contributed by atoms with E-state index in [0.29, 0.717) is 4.47 Å². The molecule has 106 valence electrons. The second kappa shape index (κ2) is 7.52. The molecule has 0 heterocycles. The Labute approximate surface area is 141 Å². The molecular formula is C16H16BrFIN. The van der Waals surface area contributed by atoms with E-state index in [1.54, 1.807) is 0 Å². The molecular weight excluding hydrogens is 432 g/mol. The Kier molecular flexibility index (Phi) is 5.99. The van der Waals surface area contributed by atoms with Gasteiger partial charge in [-0.1, -0.05) is 25.1 Å². The second-order valence-corrected chi connectivity index (χ2v) is 6.71. The quantitative estimate of drug-likeness (QED) is 0.614. The van der Waals surface area contributed by atoms with Gasteiger partial charge in [0.25, 0.3) is 0 Å². The van der Waals surface area contributed by atoms with Crippen LogP contribution in [0.1, 0.15) is 30.5 Å². The third-order valence-electron chi connectivity index (χ3n) is 3.08. The van der Waals surface area contributed by atoms with Crippen LogP contribution < -0.4 is 5.32 Å². The predicted octanol–water partition coefficient (Wildman–Crippen LogP) is 5.28. The van der Waals surface area contributed by atoms with Crippen molar-refractivity contribution in [2.24, 2.45) is 0 Å². The Hall–Kier alpha value is -0.460. The van der Waals surface area contributed by atoms with Crippen LogP contribution in [0.15, 0.2) is 46.9 Å². The summed E-state index contributed by atoms with van der Waals surface area (Å²) in [5.41, 5.74) is 2.25. The zero-order chi connectivity index (χ0) is 14.5. The zero-order valence-corrected chi connectivity index (χ0v) is 14.9.